The highest BCUT2D eigenvalue weighted by atomic mass is 35.5. The smallest absolute Gasteiger partial charge is 0.295 e. The maximum atomic E-state index is 13.1. The highest BCUT2D eigenvalue weighted by Gasteiger charge is 2.23. The summed E-state index contributed by atoms with van der Waals surface area (Å²) in [5.74, 6) is 0.867. The second-order valence-corrected chi connectivity index (χ2v) is 5.57. The molecule has 0 saturated heterocycles. The highest BCUT2D eigenvalue weighted by molar-refractivity contribution is 6.29. The normalized spacial score (nSPS) is 13.9. The first kappa shape index (κ1) is 14.6. The molecule has 6 nitrogen and oxygen atoms in total. The van der Waals surface area contributed by atoms with Gasteiger partial charge in [0, 0.05) is 12.5 Å². The monoisotopic (exact) mass is 322 g/mol. The molecule has 3 rings (SSSR count). The van der Waals surface area contributed by atoms with E-state index in [4.69, 9.17) is 11.6 Å². The van der Waals surface area contributed by atoms with Crippen molar-refractivity contribution >= 4 is 28.8 Å². The summed E-state index contributed by atoms with van der Waals surface area (Å²) in [5, 5.41) is 14.1. The van der Waals surface area contributed by atoms with Gasteiger partial charge in [0.05, 0.1) is 11.0 Å². The number of nitro groups is 1. The number of nitrogens with one attached hydrogen (secondary N) is 1. The second-order valence-electron chi connectivity index (χ2n) is 5.18. The minimum absolute atomic E-state index is 0.151. The molecule has 1 N–H and O–H groups in total. The van der Waals surface area contributed by atoms with Crippen molar-refractivity contribution < 1.29 is 9.31 Å². The van der Waals surface area contributed by atoms with E-state index in [9.17, 15) is 14.5 Å². The average molecular weight is 323 g/mol. The van der Waals surface area contributed by atoms with Gasteiger partial charge in [-0.1, -0.05) is 11.6 Å². The van der Waals surface area contributed by atoms with Gasteiger partial charge in [0.15, 0.2) is 0 Å². The second kappa shape index (κ2) is 5.84. The third kappa shape index (κ3) is 3.48. The van der Waals surface area contributed by atoms with Crippen LogP contribution in [0.2, 0.25) is 5.15 Å². The zero-order valence-electron chi connectivity index (χ0n) is 11.4. The Balaban J connectivity index is 1.89. The lowest BCUT2D eigenvalue weighted by atomic mass is 10.2. The molecule has 0 spiro atoms. The van der Waals surface area contributed by atoms with E-state index in [0.29, 0.717) is 17.6 Å². The molecule has 0 radical (unpaired) electrons. The number of nitrogens with zero attached hydrogens (tertiary/aromatic N) is 3. The van der Waals surface area contributed by atoms with Crippen molar-refractivity contribution in [2.75, 3.05) is 5.32 Å². The van der Waals surface area contributed by atoms with Crippen molar-refractivity contribution in [1.82, 2.24) is 9.97 Å². The summed E-state index contributed by atoms with van der Waals surface area (Å²) in [6.45, 7) is 0. The van der Waals surface area contributed by atoms with Gasteiger partial charge in [0.2, 0.25) is 0 Å². The largest absolute Gasteiger partial charge is 0.334 e. The summed E-state index contributed by atoms with van der Waals surface area (Å²) >= 11 is 5.96. The lowest BCUT2D eigenvalue weighted by molar-refractivity contribution is -0.384. The molecule has 0 bridgehead atoms. The van der Waals surface area contributed by atoms with Gasteiger partial charge < -0.3 is 5.32 Å². The van der Waals surface area contributed by atoms with Crippen molar-refractivity contribution in [2.45, 2.75) is 19.3 Å². The fourth-order valence-electron chi connectivity index (χ4n) is 2.10. The molecule has 0 atom stereocenters. The number of halogens is 2. The summed E-state index contributed by atoms with van der Waals surface area (Å²) in [7, 11) is 0. The van der Waals surface area contributed by atoms with Crippen molar-refractivity contribution in [1.29, 1.82) is 0 Å². The van der Waals surface area contributed by atoms with E-state index in [1.807, 2.05) is 0 Å². The SMILES string of the molecule is O=[N+]([O-])c1cc(F)ccc1Nc1cc(Cl)nc(CC2CC2)n1. The number of benzene rings is 1. The van der Waals surface area contributed by atoms with Gasteiger partial charge in [-0.15, -0.1) is 0 Å². The Morgan fingerprint density at radius 3 is 2.82 bits per heavy atom. The lowest BCUT2D eigenvalue weighted by Crippen LogP contribution is -2.03. The minimum atomic E-state index is -0.674. The van der Waals surface area contributed by atoms with E-state index in [2.05, 4.69) is 15.3 Å². The number of anilines is 2. The summed E-state index contributed by atoms with van der Waals surface area (Å²) in [5.41, 5.74) is -0.211. The van der Waals surface area contributed by atoms with Gasteiger partial charge in [0.25, 0.3) is 5.69 Å². The molecule has 0 amide bonds. The molecule has 1 saturated carbocycles. The molecule has 1 aromatic carbocycles. The van der Waals surface area contributed by atoms with Crippen LogP contribution in [0.1, 0.15) is 18.7 Å². The first-order valence-corrected chi connectivity index (χ1v) is 7.13. The van der Waals surface area contributed by atoms with E-state index >= 15 is 0 Å². The molecule has 1 aliphatic carbocycles. The molecule has 0 aliphatic heterocycles. The predicted octanol–water partition coefficient (Wildman–Crippen LogP) is 3.87. The molecule has 1 aromatic heterocycles. The Morgan fingerprint density at radius 1 is 1.36 bits per heavy atom. The third-order valence-electron chi connectivity index (χ3n) is 3.33. The van der Waals surface area contributed by atoms with E-state index in [-0.39, 0.29) is 16.5 Å². The Kier molecular flexibility index (Phi) is 3.89. The molecule has 1 fully saturated rings. The molecule has 0 unspecified atom stereocenters. The van der Waals surface area contributed by atoms with Gasteiger partial charge in [0.1, 0.15) is 28.3 Å². The molecule has 1 aliphatic rings. The first-order valence-electron chi connectivity index (χ1n) is 6.75. The van der Waals surface area contributed by atoms with Gasteiger partial charge in [-0.2, -0.15) is 0 Å². The van der Waals surface area contributed by atoms with Crippen molar-refractivity contribution in [2.24, 2.45) is 5.92 Å². The maximum Gasteiger partial charge on any atom is 0.295 e. The Morgan fingerprint density at radius 2 is 2.14 bits per heavy atom. The standard InChI is InChI=1S/C14H12ClFN4O2/c15-12-7-14(19-13(18-12)5-8-1-2-8)17-10-4-3-9(16)6-11(10)20(21)22/h3-4,6-8H,1-2,5H2,(H,17,18,19). The van der Waals surface area contributed by atoms with Crippen LogP contribution in [0.15, 0.2) is 24.3 Å². The van der Waals surface area contributed by atoms with Crippen LogP contribution >= 0.6 is 11.6 Å². The molecule has 22 heavy (non-hydrogen) atoms. The third-order valence-corrected chi connectivity index (χ3v) is 3.52. The first-order chi connectivity index (χ1) is 10.5. The van der Waals surface area contributed by atoms with E-state index < -0.39 is 10.7 Å². The van der Waals surface area contributed by atoms with Gasteiger partial charge in [-0.3, -0.25) is 10.1 Å². The molecular formula is C14H12ClFN4O2. The summed E-state index contributed by atoms with van der Waals surface area (Å²) in [4.78, 5) is 18.8. The average Bonchev–Trinajstić information content (AvgIpc) is 3.24. The van der Waals surface area contributed by atoms with Crippen LogP contribution in [0.3, 0.4) is 0 Å². The highest BCUT2D eigenvalue weighted by Crippen LogP contribution is 2.33. The summed E-state index contributed by atoms with van der Waals surface area (Å²) < 4.78 is 13.1. The topological polar surface area (TPSA) is 81.0 Å². The lowest BCUT2D eigenvalue weighted by Gasteiger charge is -2.08. The zero-order valence-corrected chi connectivity index (χ0v) is 12.2. The van der Waals surface area contributed by atoms with E-state index in [1.165, 1.54) is 12.1 Å². The van der Waals surface area contributed by atoms with Crippen LogP contribution in [-0.2, 0) is 6.42 Å². The molecule has 8 heteroatoms. The Hall–Kier alpha value is -2.28. The molecule has 1 heterocycles. The molecule has 2 aromatic rings. The maximum absolute atomic E-state index is 13.1. The fraction of sp³-hybridized carbons (Fsp3) is 0.286. The molecular weight excluding hydrogens is 311 g/mol. The predicted molar refractivity (Wildman–Crippen MR) is 79.8 cm³/mol. The molecule has 114 valence electrons. The van der Waals surface area contributed by atoms with Crippen LogP contribution in [-0.4, -0.2) is 14.9 Å². The van der Waals surface area contributed by atoms with Crippen molar-refractivity contribution in [3.05, 3.63) is 51.2 Å². The van der Waals surface area contributed by atoms with Crippen LogP contribution in [0.4, 0.5) is 21.6 Å². The number of hydrogen-bond donors (Lipinski definition) is 1. The van der Waals surface area contributed by atoms with Gasteiger partial charge >= 0.3 is 0 Å². The van der Waals surface area contributed by atoms with Crippen LogP contribution < -0.4 is 5.32 Å². The van der Waals surface area contributed by atoms with Gasteiger partial charge in [-0.25, -0.2) is 14.4 Å². The van der Waals surface area contributed by atoms with E-state index in [1.54, 1.807) is 0 Å². The van der Waals surface area contributed by atoms with Crippen LogP contribution in [0.25, 0.3) is 0 Å². The van der Waals surface area contributed by atoms with Crippen molar-refractivity contribution in [3.63, 3.8) is 0 Å². The number of aromatic nitrogens is 2. The van der Waals surface area contributed by atoms with Gasteiger partial charge in [-0.05, 0) is 30.9 Å². The fourth-order valence-corrected chi connectivity index (χ4v) is 2.30. The van der Waals surface area contributed by atoms with Crippen molar-refractivity contribution in [3.8, 4) is 0 Å². The zero-order chi connectivity index (χ0) is 15.7. The van der Waals surface area contributed by atoms with Crippen LogP contribution in [0.5, 0.6) is 0 Å². The Bertz CT molecular complexity index is 737. The van der Waals surface area contributed by atoms with E-state index in [0.717, 1.165) is 31.4 Å². The number of nitro benzene ring substituents is 1. The minimum Gasteiger partial charge on any atom is -0.334 e. The quantitative estimate of drug-likeness (QED) is 0.513. The number of hydrogen-bond acceptors (Lipinski definition) is 5. The van der Waals surface area contributed by atoms with Crippen LogP contribution in [0, 0.1) is 21.8 Å². The Labute approximate surface area is 130 Å². The summed E-state index contributed by atoms with van der Waals surface area (Å²) in [6.07, 6.45) is 3.05. The number of rotatable bonds is 5. The summed E-state index contributed by atoms with van der Waals surface area (Å²) in [6, 6.07) is 4.77.